The first-order valence-corrected chi connectivity index (χ1v) is 11.1. The van der Waals surface area contributed by atoms with Crippen molar-refractivity contribution >= 4 is 21.5 Å². The molecule has 0 aliphatic carbocycles. The minimum Gasteiger partial charge on any atom is -0.126 e. The number of hydrogen-bond acceptors (Lipinski definition) is 0. The Morgan fingerprint density at radius 3 is 1.22 bits per heavy atom. The summed E-state index contributed by atoms with van der Waals surface area (Å²) in [4.78, 5) is 0. The van der Waals surface area contributed by atoms with Crippen molar-refractivity contribution in [2.24, 2.45) is 0 Å². The maximum Gasteiger partial charge on any atom is 0.0133 e. The molecule has 0 N–H and O–H groups in total. The van der Waals surface area contributed by atoms with E-state index in [9.17, 15) is 0 Å². The van der Waals surface area contributed by atoms with Crippen LogP contribution in [0.15, 0.2) is 103 Å². The summed E-state index contributed by atoms with van der Waals surface area (Å²) in [7, 11) is 0. The summed E-state index contributed by atoms with van der Waals surface area (Å²) in [5.41, 5.74) is 5.31. The van der Waals surface area contributed by atoms with E-state index in [0.29, 0.717) is 0 Å². The Hall–Kier alpha value is -2.37. The monoisotopic (exact) mass is 491 g/mol. The van der Waals surface area contributed by atoms with Gasteiger partial charge in [0.05, 0.1) is 0 Å². The maximum absolute atomic E-state index is 2.41. The Morgan fingerprint density at radius 1 is 0.469 bits per heavy atom. The molecular formula is C31H29Zr-. The first kappa shape index (κ1) is 22.8. The summed E-state index contributed by atoms with van der Waals surface area (Å²) >= 11 is 0. The van der Waals surface area contributed by atoms with Crippen LogP contribution in [0.2, 0.25) is 0 Å². The summed E-state index contributed by atoms with van der Waals surface area (Å²) in [6, 6.07) is 37.9. The van der Waals surface area contributed by atoms with Crippen LogP contribution in [0.1, 0.15) is 49.9 Å². The fourth-order valence-electron chi connectivity index (χ4n) is 4.82. The fourth-order valence-corrected chi connectivity index (χ4v) is 4.82. The van der Waals surface area contributed by atoms with Crippen molar-refractivity contribution in [1.82, 2.24) is 0 Å². The van der Waals surface area contributed by atoms with E-state index in [-0.39, 0.29) is 37.0 Å². The molecular weight excluding hydrogens is 464 g/mol. The molecule has 158 valence electrons. The number of fused-ring (bicyclic) bond motifs is 3. The van der Waals surface area contributed by atoms with Gasteiger partial charge in [-0.25, -0.2) is 0 Å². The number of rotatable bonds is 4. The smallest absolute Gasteiger partial charge is 0.0133 e. The van der Waals surface area contributed by atoms with Crippen LogP contribution >= 0.6 is 0 Å². The molecule has 0 fully saturated rings. The summed E-state index contributed by atoms with van der Waals surface area (Å²) in [5.74, 6) is 0. The predicted octanol–water partition coefficient (Wildman–Crippen LogP) is 8.36. The maximum atomic E-state index is 2.41. The Balaban J connectivity index is 0.00000245. The molecule has 0 aliphatic heterocycles. The molecule has 0 spiro atoms. The summed E-state index contributed by atoms with van der Waals surface area (Å²) < 4.78 is 0. The van der Waals surface area contributed by atoms with E-state index in [1.165, 1.54) is 43.8 Å². The van der Waals surface area contributed by atoms with Crippen molar-refractivity contribution in [2.75, 3.05) is 0 Å². The van der Waals surface area contributed by atoms with Gasteiger partial charge in [0, 0.05) is 37.0 Å². The van der Waals surface area contributed by atoms with Gasteiger partial charge in [0.15, 0.2) is 0 Å². The van der Waals surface area contributed by atoms with Crippen LogP contribution in [0.3, 0.4) is 0 Å². The van der Waals surface area contributed by atoms with Crippen LogP contribution in [-0.2, 0) is 37.0 Å². The standard InChI is InChI=1S/C31H29.Zr/c1-30(2,24-11-7-5-8-12-24)26-17-15-22-19-23-16-18-27(21-29(23)28(22)20-26)31(3,4)25-13-9-6-10-14-25;/h5-21H,1-4H3;/q-1;. The van der Waals surface area contributed by atoms with Crippen LogP contribution in [0.25, 0.3) is 21.5 Å². The second-order valence-electron chi connectivity index (χ2n) is 9.73. The molecule has 5 rings (SSSR count). The fraction of sp³-hybridized carbons (Fsp3) is 0.194. The average molecular weight is 493 g/mol. The molecule has 5 aromatic rings. The zero-order chi connectivity index (χ0) is 21.6. The third kappa shape index (κ3) is 3.82. The molecule has 0 bridgehead atoms. The largest absolute Gasteiger partial charge is 0.126 e. The minimum absolute atomic E-state index is 0. The third-order valence-corrected chi connectivity index (χ3v) is 7.14. The molecule has 32 heavy (non-hydrogen) atoms. The van der Waals surface area contributed by atoms with Crippen LogP contribution in [0.5, 0.6) is 0 Å². The Labute approximate surface area is 210 Å². The van der Waals surface area contributed by atoms with Gasteiger partial charge in [-0.1, -0.05) is 124 Å². The molecule has 0 amide bonds. The predicted molar refractivity (Wildman–Crippen MR) is 134 cm³/mol. The van der Waals surface area contributed by atoms with Crippen molar-refractivity contribution in [3.63, 3.8) is 0 Å². The van der Waals surface area contributed by atoms with E-state index in [1.54, 1.807) is 0 Å². The SMILES string of the molecule is CC(C)(c1ccccc1)c1ccc2[cH-]c3ccc(C(C)(C)c4ccccc4)cc3c2c1.[Zr]. The average Bonchev–Trinajstić information content (AvgIpc) is 3.17. The van der Waals surface area contributed by atoms with Crippen molar-refractivity contribution in [3.8, 4) is 0 Å². The molecule has 0 aliphatic rings. The van der Waals surface area contributed by atoms with Crippen molar-refractivity contribution in [1.29, 1.82) is 0 Å². The first-order valence-electron chi connectivity index (χ1n) is 11.1. The second kappa shape index (κ2) is 8.53. The van der Waals surface area contributed by atoms with E-state index < -0.39 is 0 Å². The van der Waals surface area contributed by atoms with E-state index in [4.69, 9.17) is 0 Å². The Bertz CT molecular complexity index is 1250. The topological polar surface area (TPSA) is 0 Å². The molecule has 5 aromatic carbocycles. The van der Waals surface area contributed by atoms with E-state index in [2.05, 4.69) is 131 Å². The van der Waals surface area contributed by atoms with Crippen molar-refractivity contribution in [2.45, 2.75) is 38.5 Å². The van der Waals surface area contributed by atoms with Crippen LogP contribution in [0, 0.1) is 0 Å². The van der Waals surface area contributed by atoms with Crippen molar-refractivity contribution < 1.29 is 26.2 Å². The quantitative estimate of drug-likeness (QED) is 0.221. The minimum atomic E-state index is -0.0417. The Morgan fingerprint density at radius 2 is 0.844 bits per heavy atom. The normalized spacial score (nSPS) is 12.1. The summed E-state index contributed by atoms with van der Waals surface area (Å²) in [6.45, 7) is 9.27. The molecule has 0 nitrogen and oxygen atoms in total. The molecule has 0 saturated carbocycles. The zero-order valence-electron chi connectivity index (χ0n) is 19.3. The summed E-state index contributed by atoms with van der Waals surface area (Å²) in [5, 5.41) is 5.33. The zero-order valence-corrected chi connectivity index (χ0v) is 21.8. The van der Waals surface area contributed by atoms with Crippen LogP contribution < -0.4 is 0 Å². The van der Waals surface area contributed by atoms with Crippen LogP contribution in [-0.4, -0.2) is 0 Å². The molecule has 0 radical (unpaired) electrons. The second-order valence-corrected chi connectivity index (χ2v) is 9.73. The molecule has 1 heteroatoms. The molecule has 0 heterocycles. The number of benzene rings is 4. The first-order chi connectivity index (χ1) is 14.9. The van der Waals surface area contributed by atoms with Gasteiger partial charge in [-0.2, -0.15) is 0 Å². The van der Waals surface area contributed by atoms with E-state index in [1.807, 2.05) is 0 Å². The van der Waals surface area contributed by atoms with Gasteiger partial charge in [-0.15, -0.1) is 39.7 Å². The van der Waals surface area contributed by atoms with Crippen LogP contribution in [0.4, 0.5) is 0 Å². The number of hydrogen-bond donors (Lipinski definition) is 0. The van der Waals surface area contributed by atoms with Gasteiger partial charge in [-0.3, -0.25) is 0 Å². The molecule has 0 atom stereocenters. The van der Waals surface area contributed by atoms with Gasteiger partial charge >= 0.3 is 0 Å². The molecule has 0 unspecified atom stereocenters. The van der Waals surface area contributed by atoms with E-state index >= 15 is 0 Å². The van der Waals surface area contributed by atoms with Crippen molar-refractivity contribution in [3.05, 3.63) is 125 Å². The third-order valence-electron chi connectivity index (χ3n) is 7.14. The van der Waals surface area contributed by atoms with Gasteiger partial charge in [0.2, 0.25) is 0 Å². The molecule has 0 saturated heterocycles. The Kier molecular flexibility index (Phi) is 6.08. The van der Waals surface area contributed by atoms with E-state index in [0.717, 1.165) is 0 Å². The van der Waals surface area contributed by atoms with Gasteiger partial charge in [0.1, 0.15) is 0 Å². The summed E-state index contributed by atoms with van der Waals surface area (Å²) in [6.07, 6.45) is 0. The van der Waals surface area contributed by atoms with Gasteiger partial charge in [0.25, 0.3) is 0 Å². The molecule has 0 aromatic heterocycles. The van der Waals surface area contributed by atoms with Gasteiger partial charge in [-0.05, 0) is 11.1 Å². The van der Waals surface area contributed by atoms with Gasteiger partial charge < -0.3 is 0 Å².